The Kier molecular flexibility index (Phi) is 4.70. The highest BCUT2D eigenvalue weighted by atomic mass is 32.2. The number of imidazole rings is 1. The average Bonchev–Trinajstić information content (AvgIpc) is 2.92. The Balaban J connectivity index is 2.06. The van der Waals surface area contributed by atoms with Crippen LogP contribution in [0.1, 0.15) is 6.92 Å². The van der Waals surface area contributed by atoms with Crippen LogP contribution in [-0.2, 0) is 16.6 Å². The molecule has 0 aliphatic heterocycles. The fourth-order valence-corrected chi connectivity index (χ4v) is 2.87. The van der Waals surface area contributed by atoms with Gasteiger partial charge in [-0.25, -0.2) is 23.1 Å². The van der Waals surface area contributed by atoms with E-state index in [1.165, 1.54) is 6.07 Å². The van der Waals surface area contributed by atoms with Crippen LogP contribution >= 0.6 is 0 Å². The van der Waals surface area contributed by atoms with Gasteiger partial charge in [0.15, 0.2) is 0 Å². The van der Waals surface area contributed by atoms with Crippen LogP contribution in [0.25, 0.3) is 0 Å². The molecule has 2 rings (SSSR count). The minimum atomic E-state index is -3.58. The maximum atomic E-state index is 12.2. The molecule has 0 aliphatic rings. The Morgan fingerprint density at radius 3 is 2.90 bits per heavy atom. The third kappa shape index (κ3) is 3.55. The van der Waals surface area contributed by atoms with Gasteiger partial charge in [0.05, 0.1) is 6.33 Å². The molecule has 0 saturated carbocycles. The molecule has 0 aliphatic carbocycles. The lowest BCUT2D eigenvalue weighted by Gasteiger charge is -2.11. The standard InChI is InChI=1S/C12H17N5O2S/c1-2-14-12-11(4-3-5-15-12)20(18,19)16-7-9-17-8-6-13-10-17/h3-6,8,10,16H,2,7,9H2,1H3,(H,14,15). The van der Waals surface area contributed by atoms with Crippen molar-refractivity contribution >= 4 is 15.8 Å². The summed E-state index contributed by atoms with van der Waals surface area (Å²) in [7, 11) is -3.58. The number of pyridine rings is 1. The second-order valence-corrected chi connectivity index (χ2v) is 5.81. The predicted octanol–water partition coefficient (Wildman–Crippen LogP) is 0.688. The van der Waals surface area contributed by atoms with Gasteiger partial charge in [0.2, 0.25) is 10.0 Å². The van der Waals surface area contributed by atoms with Crippen LogP contribution in [0.4, 0.5) is 5.82 Å². The minimum absolute atomic E-state index is 0.160. The van der Waals surface area contributed by atoms with E-state index >= 15 is 0 Å². The molecular weight excluding hydrogens is 278 g/mol. The van der Waals surface area contributed by atoms with Gasteiger partial charge in [-0.2, -0.15) is 0 Å². The van der Waals surface area contributed by atoms with Crippen LogP contribution in [0.15, 0.2) is 41.9 Å². The van der Waals surface area contributed by atoms with E-state index in [0.717, 1.165) is 0 Å². The third-order valence-electron chi connectivity index (χ3n) is 2.63. The molecule has 8 heteroatoms. The van der Waals surface area contributed by atoms with E-state index in [2.05, 4.69) is 20.0 Å². The number of nitrogens with one attached hydrogen (secondary N) is 2. The number of aromatic nitrogens is 3. The average molecular weight is 295 g/mol. The first kappa shape index (κ1) is 14.5. The highest BCUT2D eigenvalue weighted by molar-refractivity contribution is 7.89. The van der Waals surface area contributed by atoms with Crippen LogP contribution in [0.3, 0.4) is 0 Å². The highest BCUT2D eigenvalue weighted by Crippen LogP contribution is 2.17. The van der Waals surface area contributed by atoms with Crippen molar-refractivity contribution in [1.29, 1.82) is 0 Å². The fraction of sp³-hybridized carbons (Fsp3) is 0.333. The molecule has 0 spiro atoms. The summed E-state index contributed by atoms with van der Waals surface area (Å²) in [6.45, 7) is 3.31. The summed E-state index contributed by atoms with van der Waals surface area (Å²) in [6, 6.07) is 3.13. The van der Waals surface area contributed by atoms with Gasteiger partial charge >= 0.3 is 0 Å². The number of rotatable bonds is 7. The molecule has 2 aromatic rings. The topological polar surface area (TPSA) is 88.9 Å². The molecule has 0 amide bonds. The van der Waals surface area contributed by atoms with Crippen LogP contribution in [0.5, 0.6) is 0 Å². The van der Waals surface area contributed by atoms with Gasteiger partial charge in [0, 0.05) is 38.2 Å². The van der Waals surface area contributed by atoms with Gasteiger partial charge in [0.25, 0.3) is 0 Å². The zero-order valence-electron chi connectivity index (χ0n) is 11.2. The third-order valence-corrected chi connectivity index (χ3v) is 4.12. The molecule has 2 aromatic heterocycles. The first-order valence-electron chi connectivity index (χ1n) is 6.28. The Morgan fingerprint density at radius 2 is 2.20 bits per heavy atom. The Morgan fingerprint density at radius 1 is 1.35 bits per heavy atom. The smallest absolute Gasteiger partial charge is 0.244 e. The molecule has 2 heterocycles. The molecule has 0 atom stereocenters. The summed E-state index contributed by atoms with van der Waals surface area (Å²) in [4.78, 5) is 8.11. The SMILES string of the molecule is CCNc1ncccc1S(=O)(=O)NCCn1ccnc1. The van der Waals surface area contributed by atoms with Crippen LogP contribution in [0.2, 0.25) is 0 Å². The van der Waals surface area contributed by atoms with E-state index in [4.69, 9.17) is 0 Å². The Bertz CT molecular complexity index is 640. The highest BCUT2D eigenvalue weighted by Gasteiger charge is 2.18. The lowest BCUT2D eigenvalue weighted by Crippen LogP contribution is -2.28. The molecule has 0 unspecified atom stereocenters. The lowest BCUT2D eigenvalue weighted by molar-refractivity contribution is 0.572. The van der Waals surface area contributed by atoms with Gasteiger partial charge < -0.3 is 9.88 Å². The summed E-state index contributed by atoms with van der Waals surface area (Å²) in [6.07, 6.45) is 6.63. The molecule has 0 aromatic carbocycles. The van der Waals surface area contributed by atoms with E-state index in [9.17, 15) is 8.42 Å². The number of sulfonamides is 1. The zero-order valence-corrected chi connectivity index (χ0v) is 12.0. The van der Waals surface area contributed by atoms with E-state index < -0.39 is 10.0 Å². The predicted molar refractivity (Wildman–Crippen MR) is 75.8 cm³/mol. The van der Waals surface area contributed by atoms with E-state index in [1.807, 2.05) is 6.92 Å². The van der Waals surface area contributed by atoms with Gasteiger partial charge in [-0.3, -0.25) is 0 Å². The zero-order chi connectivity index (χ0) is 14.4. The molecule has 2 N–H and O–H groups in total. The van der Waals surface area contributed by atoms with Crippen LogP contribution < -0.4 is 10.0 Å². The first-order valence-corrected chi connectivity index (χ1v) is 7.76. The summed E-state index contributed by atoms with van der Waals surface area (Å²) in [5.74, 6) is 0.366. The van der Waals surface area contributed by atoms with Crippen molar-refractivity contribution in [2.75, 3.05) is 18.4 Å². The summed E-state index contributed by atoms with van der Waals surface area (Å²) < 4.78 is 28.8. The van der Waals surface area contributed by atoms with Crippen molar-refractivity contribution in [3.05, 3.63) is 37.1 Å². The number of nitrogens with zero attached hydrogens (tertiary/aromatic N) is 3. The molecule has 20 heavy (non-hydrogen) atoms. The summed E-state index contributed by atoms with van der Waals surface area (Å²) in [5, 5.41) is 2.94. The second kappa shape index (κ2) is 6.49. The summed E-state index contributed by atoms with van der Waals surface area (Å²) >= 11 is 0. The van der Waals surface area contributed by atoms with Crippen molar-refractivity contribution in [3.8, 4) is 0 Å². The Hall–Kier alpha value is -1.93. The van der Waals surface area contributed by atoms with Crippen molar-refractivity contribution in [3.63, 3.8) is 0 Å². The number of anilines is 1. The number of hydrogen-bond donors (Lipinski definition) is 2. The van der Waals surface area contributed by atoms with Gasteiger partial charge in [0.1, 0.15) is 10.7 Å². The Labute approximate surface area is 118 Å². The molecule has 0 radical (unpaired) electrons. The molecule has 0 bridgehead atoms. The lowest BCUT2D eigenvalue weighted by atomic mass is 10.4. The molecule has 0 fully saturated rings. The van der Waals surface area contributed by atoms with Crippen LogP contribution in [-0.4, -0.2) is 36.0 Å². The molecule has 0 saturated heterocycles. The van der Waals surface area contributed by atoms with E-state index in [-0.39, 0.29) is 4.90 Å². The fourth-order valence-electron chi connectivity index (χ4n) is 1.71. The van der Waals surface area contributed by atoms with Gasteiger partial charge in [-0.15, -0.1) is 0 Å². The van der Waals surface area contributed by atoms with Crippen molar-refractivity contribution < 1.29 is 8.42 Å². The molecular formula is C12H17N5O2S. The largest absolute Gasteiger partial charge is 0.369 e. The maximum Gasteiger partial charge on any atom is 0.244 e. The quantitative estimate of drug-likeness (QED) is 0.784. The molecule has 7 nitrogen and oxygen atoms in total. The molecule has 108 valence electrons. The minimum Gasteiger partial charge on any atom is -0.369 e. The van der Waals surface area contributed by atoms with Crippen LogP contribution in [0, 0.1) is 0 Å². The number of hydrogen-bond acceptors (Lipinski definition) is 5. The normalized spacial score (nSPS) is 11.4. The van der Waals surface area contributed by atoms with Crippen molar-refractivity contribution in [2.45, 2.75) is 18.4 Å². The van der Waals surface area contributed by atoms with Crippen molar-refractivity contribution in [1.82, 2.24) is 19.3 Å². The van der Waals surface area contributed by atoms with E-state index in [1.54, 1.807) is 35.6 Å². The van der Waals surface area contributed by atoms with Gasteiger partial charge in [-0.05, 0) is 19.1 Å². The van der Waals surface area contributed by atoms with Crippen molar-refractivity contribution in [2.24, 2.45) is 0 Å². The summed E-state index contributed by atoms with van der Waals surface area (Å²) in [5.41, 5.74) is 0. The first-order chi connectivity index (χ1) is 9.63. The maximum absolute atomic E-state index is 12.2. The second-order valence-electron chi connectivity index (χ2n) is 4.08. The van der Waals surface area contributed by atoms with E-state index in [0.29, 0.717) is 25.5 Å². The van der Waals surface area contributed by atoms with Gasteiger partial charge in [-0.1, -0.05) is 0 Å². The monoisotopic (exact) mass is 295 g/mol.